The molecular formula is C13H23N3O3. The molecule has 0 bridgehead atoms. The van der Waals surface area contributed by atoms with Crippen molar-refractivity contribution in [1.29, 1.82) is 0 Å². The Morgan fingerprint density at radius 1 is 1.42 bits per heavy atom. The van der Waals surface area contributed by atoms with Gasteiger partial charge in [-0.05, 0) is 20.8 Å². The van der Waals surface area contributed by atoms with Gasteiger partial charge in [0, 0.05) is 31.5 Å². The van der Waals surface area contributed by atoms with Crippen LogP contribution in [-0.4, -0.2) is 42.6 Å². The van der Waals surface area contributed by atoms with E-state index in [4.69, 9.17) is 9.47 Å². The van der Waals surface area contributed by atoms with Crippen molar-refractivity contribution in [2.45, 2.75) is 33.9 Å². The predicted octanol–water partition coefficient (Wildman–Crippen LogP) is 0.799. The van der Waals surface area contributed by atoms with Crippen molar-refractivity contribution >= 4 is 5.97 Å². The summed E-state index contributed by atoms with van der Waals surface area (Å²) in [5.74, 6) is -0.257. The number of carbonyl (C=O) groups excluding carboxylic acids is 1. The Morgan fingerprint density at radius 2 is 2.16 bits per heavy atom. The first-order chi connectivity index (χ1) is 9.10. The van der Waals surface area contributed by atoms with Crippen LogP contribution in [0.1, 0.15) is 23.9 Å². The maximum Gasteiger partial charge on any atom is 0.327 e. The third-order valence-corrected chi connectivity index (χ3v) is 2.90. The third kappa shape index (κ3) is 4.65. The minimum absolute atomic E-state index is 0.165. The number of ether oxygens (including phenoxy) is 2. The molecule has 1 N–H and O–H groups in total. The Hall–Kier alpha value is -1.40. The van der Waals surface area contributed by atoms with Crippen molar-refractivity contribution in [2.24, 2.45) is 0 Å². The first kappa shape index (κ1) is 15.7. The Kier molecular flexibility index (Phi) is 6.52. The van der Waals surface area contributed by atoms with E-state index in [-0.39, 0.29) is 12.5 Å². The first-order valence-electron chi connectivity index (χ1n) is 6.48. The molecule has 19 heavy (non-hydrogen) atoms. The minimum Gasteiger partial charge on any atom is -0.465 e. The molecule has 0 unspecified atom stereocenters. The van der Waals surface area contributed by atoms with Gasteiger partial charge >= 0.3 is 5.97 Å². The highest BCUT2D eigenvalue weighted by molar-refractivity contribution is 5.69. The van der Waals surface area contributed by atoms with E-state index in [9.17, 15) is 4.79 Å². The summed E-state index contributed by atoms with van der Waals surface area (Å²) < 4.78 is 11.6. The summed E-state index contributed by atoms with van der Waals surface area (Å²) in [6, 6.07) is 0. The molecule has 1 rings (SSSR count). The minimum atomic E-state index is -0.257. The fourth-order valence-electron chi connectivity index (χ4n) is 1.86. The summed E-state index contributed by atoms with van der Waals surface area (Å²) in [4.78, 5) is 11.5. The van der Waals surface area contributed by atoms with Crippen LogP contribution >= 0.6 is 0 Å². The standard InChI is InChI=1S/C13H23N3O3/c1-5-19-13(17)9-16-11(3)12(10(2)15-16)8-14-6-7-18-4/h14H,5-9H2,1-4H3. The van der Waals surface area contributed by atoms with E-state index < -0.39 is 0 Å². The molecule has 0 atom stereocenters. The van der Waals surface area contributed by atoms with Gasteiger partial charge in [-0.3, -0.25) is 9.48 Å². The van der Waals surface area contributed by atoms with E-state index in [2.05, 4.69) is 10.4 Å². The lowest BCUT2D eigenvalue weighted by Gasteiger charge is -2.06. The summed E-state index contributed by atoms with van der Waals surface area (Å²) in [7, 11) is 1.68. The summed E-state index contributed by atoms with van der Waals surface area (Å²) in [6.07, 6.45) is 0. The number of carbonyl (C=O) groups is 1. The monoisotopic (exact) mass is 269 g/mol. The van der Waals surface area contributed by atoms with Crippen LogP contribution in [0.4, 0.5) is 0 Å². The van der Waals surface area contributed by atoms with Gasteiger partial charge in [-0.2, -0.15) is 5.10 Å². The van der Waals surface area contributed by atoms with Crippen LogP contribution in [0.2, 0.25) is 0 Å². The Morgan fingerprint density at radius 3 is 2.79 bits per heavy atom. The van der Waals surface area contributed by atoms with E-state index in [0.29, 0.717) is 13.2 Å². The number of aromatic nitrogens is 2. The highest BCUT2D eigenvalue weighted by Gasteiger charge is 2.13. The molecule has 0 amide bonds. The van der Waals surface area contributed by atoms with Gasteiger partial charge < -0.3 is 14.8 Å². The van der Waals surface area contributed by atoms with Crippen LogP contribution in [0, 0.1) is 13.8 Å². The smallest absolute Gasteiger partial charge is 0.327 e. The van der Waals surface area contributed by atoms with Crippen molar-refractivity contribution < 1.29 is 14.3 Å². The number of esters is 1. The summed E-state index contributed by atoms with van der Waals surface area (Å²) in [5, 5.41) is 7.66. The molecule has 0 aromatic carbocycles. The van der Waals surface area contributed by atoms with E-state index >= 15 is 0 Å². The molecule has 0 fully saturated rings. The zero-order valence-corrected chi connectivity index (χ0v) is 12.2. The lowest BCUT2D eigenvalue weighted by molar-refractivity contribution is -0.144. The van der Waals surface area contributed by atoms with Gasteiger partial charge in [0.05, 0.1) is 18.9 Å². The number of aryl methyl sites for hydroxylation is 1. The van der Waals surface area contributed by atoms with E-state index in [1.54, 1.807) is 18.7 Å². The van der Waals surface area contributed by atoms with Crippen LogP contribution < -0.4 is 5.32 Å². The quantitative estimate of drug-likeness (QED) is 0.558. The fourth-order valence-corrected chi connectivity index (χ4v) is 1.86. The second-order valence-electron chi connectivity index (χ2n) is 4.28. The lowest BCUT2D eigenvalue weighted by Crippen LogP contribution is -2.19. The number of hydrogen-bond acceptors (Lipinski definition) is 5. The molecule has 1 aromatic heterocycles. The molecule has 0 aliphatic rings. The highest BCUT2D eigenvalue weighted by Crippen LogP contribution is 2.12. The first-order valence-corrected chi connectivity index (χ1v) is 6.48. The average Bonchev–Trinajstić information content (AvgIpc) is 2.61. The average molecular weight is 269 g/mol. The molecular weight excluding hydrogens is 246 g/mol. The van der Waals surface area contributed by atoms with Gasteiger partial charge in [-0.15, -0.1) is 0 Å². The molecule has 108 valence electrons. The Bertz CT molecular complexity index is 416. The van der Waals surface area contributed by atoms with Gasteiger partial charge in [-0.25, -0.2) is 0 Å². The van der Waals surface area contributed by atoms with Gasteiger partial charge in [0.1, 0.15) is 6.54 Å². The molecule has 1 heterocycles. The second-order valence-corrected chi connectivity index (χ2v) is 4.28. The van der Waals surface area contributed by atoms with Crippen molar-refractivity contribution in [3.63, 3.8) is 0 Å². The third-order valence-electron chi connectivity index (χ3n) is 2.90. The largest absolute Gasteiger partial charge is 0.465 e. The summed E-state index contributed by atoms with van der Waals surface area (Å²) in [6.45, 7) is 8.46. The van der Waals surface area contributed by atoms with E-state index in [0.717, 1.165) is 30.0 Å². The molecule has 6 heteroatoms. The van der Waals surface area contributed by atoms with Crippen LogP contribution in [-0.2, 0) is 27.4 Å². The molecule has 0 saturated carbocycles. The van der Waals surface area contributed by atoms with E-state index in [1.165, 1.54) is 0 Å². The van der Waals surface area contributed by atoms with E-state index in [1.807, 2.05) is 13.8 Å². The topological polar surface area (TPSA) is 65.4 Å². The van der Waals surface area contributed by atoms with Gasteiger partial charge in [-0.1, -0.05) is 0 Å². The number of rotatable bonds is 8. The second kappa shape index (κ2) is 7.91. The van der Waals surface area contributed by atoms with Crippen LogP contribution in [0.25, 0.3) is 0 Å². The van der Waals surface area contributed by atoms with Gasteiger partial charge in [0.15, 0.2) is 0 Å². The number of nitrogens with zero attached hydrogens (tertiary/aromatic N) is 2. The normalized spacial score (nSPS) is 10.7. The van der Waals surface area contributed by atoms with Crippen molar-refractivity contribution in [3.8, 4) is 0 Å². The predicted molar refractivity (Wildman–Crippen MR) is 71.9 cm³/mol. The number of nitrogens with one attached hydrogen (secondary N) is 1. The van der Waals surface area contributed by atoms with Crippen LogP contribution in [0.15, 0.2) is 0 Å². The molecule has 6 nitrogen and oxygen atoms in total. The Balaban J connectivity index is 2.63. The van der Waals surface area contributed by atoms with Crippen LogP contribution in [0.3, 0.4) is 0 Å². The lowest BCUT2D eigenvalue weighted by atomic mass is 10.2. The molecule has 0 saturated heterocycles. The van der Waals surface area contributed by atoms with Crippen molar-refractivity contribution in [1.82, 2.24) is 15.1 Å². The summed E-state index contributed by atoms with van der Waals surface area (Å²) in [5.41, 5.74) is 3.06. The maximum atomic E-state index is 11.5. The molecule has 0 radical (unpaired) electrons. The zero-order valence-electron chi connectivity index (χ0n) is 12.2. The molecule has 0 spiro atoms. The molecule has 0 aliphatic carbocycles. The summed E-state index contributed by atoms with van der Waals surface area (Å²) >= 11 is 0. The fraction of sp³-hybridized carbons (Fsp3) is 0.692. The van der Waals surface area contributed by atoms with Gasteiger partial charge in [0.25, 0.3) is 0 Å². The zero-order chi connectivity index (χ0) is 14.3. The van der Waals surface area contributed by atoms with Crippen molar-refractivity contribution in [2.75, 3.05) is 26.9 Å². The SMILES string of the molecule is CCOC(=O)Cn1nc(C)c(CNCCOC)c1C. The maximum absolute atomic E-state index is 11.5. The Labute approximate surface area is 114 Å². The molecule has 0 aliphatic heterocycles. The van der Waals surface area contributed by atoms with Crippen LogP contribution in [0.5, 0.6) is 0 Å². The highest BCUT2D eigenvalue weighted by atomic mass is 16.5. The number of hydrogen-bond donors (Lipinski definition) is 1. The number of methoxy groups -OCH3 is 1. The van der Waals surface area contributed by atoms with Gasteiger partial charge in [0.2, 0.25) is 0 Å². The van der Waals surface area contributed by atoms with Crippen molar-refractivity contribution in [3.05, 3.63) is 17.0 Å². The molecule has 1 aromatic rings.